The minimum atomic E-state index is -0.701. The molecule has 1 aromatic carbocycles. The quantitative estimate of drug-likeness (QED) is 0.873. The number of hydrogen-bond acceptors (Lipinski definition) is 3. The van der Waals surface area contributed by atoms with Crippen LogP contribution >= 0.6 is 15.9 Å². The molecule has 0 bridgehead atoms. The van der Waals surface area contributed by atoms with E-state index in [2.05, 4.69) is 27.8 Å². The highest BCUT2D eigenvalue weighted by Gasteiger charge is 2.14. The van der Waals surface area contributed by atoms with Crippen LogP contribution in [0.4, 0.5) is 0 Å². The molecule has 0 fully saturated rings. The Hall–Kier alpha value is -1.39. The Balaban J connectivity index is 2.29. The van der Waals surface area contributed by atoms with Gasteiger partial charge in [0.2, 0.25) is 0 Å². The monoisotopic (exact) mass is 349 g/mol. The smallest absolute Gasteiger partial charge is 0.137 e. The van der Waals surface area contributed by atoms with E-state index in [-0.39, 0.29) is 0 Å². The Morgan fingerprint density at radius 3 is 2.43 bits per heavy atom. The minimum Gasteiger partial charge on any atom is -0.492 e. The predicted octanol–water partition coefficient (Wildman–Crippen LogP) is 4.33. The van der Waals surface area contributed by atoms with Crippen molar-refractivity contribution in [3.05, 3.63) is 57.3 Å². The van der Waals surface area contributed by atoms with Gasteiger partial charge in [0.25, 0.3) is 0 Å². The Kier molecular flexibility index (Phi) is 5.37. The second-order valence-corrected chi connectivity index (χ2v) is 5.97. The van der Waals surface area contributed by atoms with Crippen LogP contribution in [0.5, 0.6) is 5.75 Å². The molecule has 0 radical (unpaired) electrons. The lowest BCUT2D eigenvalue weighted by atomic mass is 9.99. The summed E-state index contributed by atoms with van der Waals surface area (Å²) in [5.41, 5.74) is 3.82. The molecule has 1 atom stereocenters. The van der Waals surface area contributed by atoms with Crippen LogP contribution in [0.2, 0.25) is 0 Å². The summed E-state index contributed by atoms with van der Waals surface area (Å²) in [5.74, 6) is 0.693. The Labute approximate surface area is 134 Å². The van der Waals surface area contributed by atoms with E-state index in [1.165, 1.54) is 0 Å². The first-order valence-corrected chi connectivity index (χ1v) is 7.84. The molecule has 21 heavy (non-hydrogen) atoms. The molecule has 112 valence electrons. The molecule has 1 unspecified atom stereocenters. The molecule has 3 nitrogen and oxygen atoms in total. The summed E-state index contributed by atoms with van der Waals surface area (Å²) >= 11 is 3.54. The van der Waals surface area contributed by atoms with Crippen LogP contribution in [0.3, 0.4) is 0 Å². The molecular weight excluding hydrogens is 330 g/mol. The third kappa shape index (κ3) is 3.83. The van der Waals surface area contributed by atoms with Gasteiger partial charge in [-0.05, 0) is 43.0 Å². The SMILES string of the molecule is CCCOc1cncc(C(O)c2cc(C)c(Br)c(C)c2)c1. The lowest BCUT2D eigenvalue weighted by Gasteiger charge is -2.15. The molecular formula is C17H20BrNO2. The van der Waals surface area contributed by atoms with Crippen LogP contribution in [0.25, 0.3) is 0 Å². The standard InChI is InChI=1S/C17H20BrNO2/c1-4-5-21-15-8-14(9-19-10-15)17(20)13-6-11(2)16(18)12(3)7-13/h6-10,17,20H,4-5H2,1-3H3. The average Bonchev–Trinajstić information content (AvgIpc) is 2.49. The van der Waals surface area contributed by atoms with Crippen molar-refractivity contribution in [3.63, 3.8) is 0 Å². The molecule has 0 aliphatic carbocycles. The highest BCUT2D eigenvalue weighted by atomic mass is 79.9. The van der Waals surface area contributed by atoms with E-state index in [1.54, 1.807) is 12.4 Å². The van der Waals surface area contributed by atoms with Gasteiger partial charge in [0.05, 0.1) is 12.8 Å². The van der Waals surface area contributed by atoms with Gasteiger partial charge in [0, 0.05) is 16.2 Å². The van der Waals surface area contributed by atoms with Crippen molar-refractivity contribution in [1.29, 1.82) is 0 Å². The maximum atomic E-state index is 10.6. The van der Waals surface area contributed by atoms with Gasteiger partial charge in [0.15, 0.2) is 0 Å². The maximum Gasteiger partial charge on any atom is 0.137 e. The number of aromatic nitrogens is 1. The molecule has 0 saturated carbocycles. The van der Waals surface area contributed by atoms with Gasteiger partial charge in [-0.15, -0.1) is 0 Å². The second-order valence-electron chi connectivity index (χ2n) is 5.17. The summed E-state index contributed by atoms with van der Waals surface area (Å²) in [5, 5.41) is 10.6. The number of aliphatic hydroxyl groups is 1. The van der Waals surface area contributed by atoms with Crippen LogP contribution in [0.1, 0.15) is 41.7 Å². The lowest BCUT2D eigenvalue weighted by molar-refractivity contribution is 0.218. The van der Waals surface area contributed by atoms with Crippen LogP contribution in [-0.2, 0) is 0 Å². The van der Waals surface area contributed by atoms with Crippen molar-refractivity contribution in [2.24, 2.45) is 0 Å². The van der Waals surface area contributed by atoms with Crippen molar-refractivity contribution < 1.29 is 9.84 Å². The molecule has 0 aliphatic heterocycles. The summed E-state index contributed by atoms with van der Waals surface area (Å²) in [6.07, 6.45) is 3.59. The summed E-state index contributed by atoms with van der Waals surface area (Å²) in [7, 11) is 0. The van der Waals surface area contributed by atoms with E-state index in [1.807, 2.05) is 32.0 Å². The van der Waals surface area contributed by atoms with E-state index >= 15 is 0 Å². The first-order valence-electron chi connectivity index (χ1n) is 7.05. The zero-order chi connectivity index (χ0) is 15.4. The molecule has 2 aromatic rings. The topological polar surface area (TPSA) is 42.4 Å². The summed E-state index contributed by atoms with van der Waals surface area (Å²) in [4.78, 5) is 4.15. The largest absolute Gasteiger partial charge is 0.492 e. The molecule has 0 spiro atoms. The van der Waals surface area contributed by atoms with Gasteiger partial charge in [-0.2, -0.15) is 0 Å². The third-order valence-corrected chi connectivity index (χ3v) is 4.55. The van der Waals surface area contributed by atoms with Crippen LogP contribution in [0.15, 0.2) is 35.1 Å². The number of rotatable bonds is 5. The van der Waals surface area contributed by atoms with Gasteiger partial charge in [0.1, 0.15) is 11.9 Å². The fraction of sp³-hybridized carbons (Fsp3) is 0.353. The zero-order valence-electron chi connectivity index (χ0n) is 12.6. The van der Waals surface area contributed by atoms with Crippen LogP contribution in [0, 0.1) is 13.8 Å². The molecule has 1 heterocycles. The van der Waals surface area contributed by atoms with Gasteiger partial charge in [-0.25, -0.2) is 0 Å². The van der Waals surface area contributed by atoms with E-state index in [4.69, 9.17) is 4.74 Å². The van der Waals surface area contributed by atoms with Crippen molar-refractivity contribution in [1.82, 2.24) is 4.98 Å². The van der Waals surface area contributed by atoms with Gasteiger partial charge < -0.3 is 9.84 Å². The van der Waals surface area contributed by atoms with Crippen LogP contribution < -0.4 is 4.74 Å². The first-order chi connectivity index (χ1) is 10.0. The highest BCUT2D eigenvalue weighted by Crippen LogP contribution is 2.29. The van der Waals surface area contributed by atoms with E-state index < -0.39 is 6.10 Å². The predicted molar refractivity (Wildman–Crippen MR) is 87.7 cm³/mol. The van der Waals surface area contributed by atoms with Crippen molar-refractivity contribution in [2.75, 3.05) is 6.61 Å². The number of hydrogen-bond donors (Lipinski definition) is 1. The van der Waals surface area contributed by atoms with Crippen LogP contribution in [-0.4, -0.2) is 16.7 Å². The number of nitrogens with zero attached hydrogens (tertiary/aromatic N) is 1. The van der Waals surface area contributed by atoms with E-state index in [9.17, 15) is 5.11 Å². The first kappa shape index (κ1) is 16.0. The molecule has 1 aromatic heterocycles. The molecule has 0 aliphatic rings. The number of benzene rings is 1. The number of pyridine rings is 1. The zero-order valence-corrected chi connectivity index (χ0v) is 14.1. The van der Waals surface area contributed by atoms with Gasteiger partial charge in [-0.3, -0.25) is 4.98 Å². The van der Waals surface area contributed by atoms with Crippen molar-refractivity contribution in [2.45, 2.75) is 33.3 Å². The fourth-order valence-electron chi connectivity index (χ4n) is 2.21. The lowest BCUT2D eigenvalue weighted by Crippen LogP contribution is -2.03. The second kappa shape index (κ2) is 7.05. The Morgan fingerprint density at radius 2 is 1.81 bits per heavy atom. The summed E-state index contributed by atoms with van der Waals surface area (Å²) in [6.45, 7) is 6.75. The highest BCUT2D eigenvalue weighted by molar-refractivity contribution is 9.10. The van der Waals surface area contributed by atoms with E-state index in [0.29, 0.717) is 12.4 Å². The third-order valence-electron chi connectivity index (χ3n) is 3.30. The van der Waals surface area contributed by atoms with Crippen molar-refractivity contribution >= 4 is 15.9 Å². The van der Waals surface area contributed by atoms with Gasteiger partial charge >= 0.3 is 0 Å². The number of aryl methyl sites for hydroxylation is 2. The number of aliphatic hydroxyl groups excluding tert-OH is 1. The molecule has 1 N–H and O–H groups in total. The Bertz CT molecular complexity index is 605. The molecule has 0 amide bonds. The maximum absolute atomic E-state index is 10.6. The van der Waals surface area contributed by atoms with E-state index in [0.717, 1.165) is 33.1 Å². The molecule has 4 heteroatoms. The summed E-state index contributed by atoms with van der Waals surface area (Å²) < 4.78 is 6.65. The minimum absolute atomic E-state index is 0.651. The molecule has 2 rings (SSSR count). The Morgan fingerprint density at radius 1 is 1.14 bits per heavy atom. The normalized spacial score (nSPS) is 12.2. The number of ether oxygens (including phenoxy) is 1. The van der Waals surface area contributed by atoms with Gasteiger partial charge in [-0.1, -0.05) is 35.0 Å². The fourth-order valence-corrected chi connectivity index (χ4v) is 2.44. The number of halogens is 1. The van der Waals surface area contributed by atoms with Crippen molar-refractivity contribution in [3.8, 4) is 5.75 Å². The average molecular weight is 350 g/mol. The molecule has 0 saturated heterocycles. The summed E-state index contributed by atoms with van der Waals surface area (Å²) in [6, 6.07) is 5.82.